The number of nitrogens with zero attached hydrogens (tertiary/aromatic N) is 4. The molecular formula is C45H26N4OS. The number of fused-ring (bicyclic) bond motifs is 10. The third-order valence-electron chi connectivity index (χ3n) is 9.86. The van der Waals surface area contributed by atoms with Gasteiger partial charge in [0.2, 0.25) is 0 Å². The van der Waals surface area contributed by atoms with E-state index in [0.717, 1.165) is 60.7 Å². The number of para-hydroxylation sites is 3. The first-order chi connectivity index (χ1) is 25.3. The van der Waals surface area contributed by atoms with Crippen LogP contribution < -0.4 is 0 Å². The molecule has 0 aliphatic rings. The molecule has 4 aromatic heterocycles. The van der Waals surface area contributed by atoms with E-state index in [1.165, 1.54) is 25.6 Å². The molecule has 4 heterocycles. The Labute approximate surface area is 295 Å². The molecule has 0 atom stereocenters. The normalized spacial score (nSPS) is 11.9. The highest BCUT2D eigenvalue weighted by Gasteiger charge is 2.23. The van der Waals surface area contributed by atoms with Crippen LogP contribution >= 0.6 is 11.3 Å². The van der Waals surface area contributed by atoms with Crippen molar-refractivity contribution in [2.45, 2.75) is 0 Å². The molecule has 238 valence electrons. The van der Waals surface area contributed by atoms with Crippen molar-refractivity contribution in [1.29, 1.82) is 0 Å². The number of rotatable bonds is 4. The molecule has 0 spiro atoms. The van der Waals surface area contributed by atoms with Crippen molar-refractivity contribution in [3.8, 4) is 39.9 Å². The Balaban J connectivity index is 1.21. The lowest BCUT2D eigenvalue weighted by atomic mass is 10.0. The summed E-state index contributed by atoms with van der Waals surface area (Å²) in [6.07, 6.45) is 0. The Hall–Kier alpha value is -6.63. The van der Waals surface area contributed by atoms with E-state index in [0.29, 0.717) is 17.5 Å². The summed E-state index contributed by atoms with van der Waals surface area (Å²) < 4.78 is 11.6. The van der Waals surface area contributed by atoms with Crippen LogP contribution in [0.3, 0.4) is 0 Å². The minimum Gasteiger partial charge on any atom is -0.455 e. The molecule has 6 heteroatoms. The molecule has 0 aliphatic carbocycles. The van der Waals surface area contributed by atoms with Crippen molar-refractivity contribution in [3.63, 3.8) is 0 Å². The quantitative estimate of drug-likeness (QED) is 0.187. The second-order valence-corrected chi connectivity index (χ2v) is 13.8. The molecule has 0 aliphatic heterocycles. The molecule has 0 N–H and O–H groups in total. The van der Waals surface area contributed by atoms with Gasteiger partial charge in [0, 0.05) is 53.1 Å². The van der Waals surface area contributed by atoms with Gasteiger partial charge in [0.1, 0.15) is 11.2 Å². The highest BCUT2D eigenvalue weighted by atomic mass is 32.1. The van der Waals surface area contributed by atoms with Gasteiger partial charge in [-0.1, -0.05) is 109 Å². The van der Waals surface area contributed by atoms with Crippen LogP contribution in [0.15, 0.2) is 162 Å². The summed E-state index contributed by atoms with van der Waals surface area (Å²) in [4.78, 5) is 15.5. The van der Waals surface area contributed by atoms with E-state index in [-0.39, 0.29) is 0 Å². The molecule has 11 rings (SSSR count). The zero-order valence-corrected chi connectivity index (χ0v) is 27.9. The van der Waals surface area contributed by atoms with Crippen molar-refractivity contribution >= 4 is 75.3 Å². The highest BCUT2D eigenvalue weighted by Crippen LogP contribution is 2.44. The summed E-state index contributed by atoms with van der Waals surface area (Å²) in [6.45, 7) is 0. The minimum absolute atomic E-state index is 0.569. The van der Waals surface area contributed by atoms with Crippen LogP contribution in [0.1, 0.15) is 0 Å². The summed E-state index contributed by atoms with van der Waals surface area (Å²) in [6, 6.07) is 54.8. The van der Waals surface area contributed by atoms with Gasteiger partial charge in [-0.05, 0) is 48.5 Å². The van der Waals surface area contributed by atoms with Crippen molar-refractivity contribution in [2.24, 2.45) is 0 Å². The molecule has 0 bridgehead atoms. The van der Waals surface area contributed by atoms with E-state index >= 15 is 0 Å². The lowest BCUT2D eigenvalue weighted by Crippen LogP contribution is -2.00. The third-order valence-corrected chi connectivity index (χ3v) is 11.0. The summed E-state index contributed by atoms with van der Waals surface area (Å²) in [5, 5.41) is 6.83. The fraction of sp³-hybridized carbons (Fsp3) is 0. The number of thiophene rings is 1. The first-order valence-electron chi connectivity index (χ1n) is 17.0. The predicted octanol–water partition coefficient (Wildman–Crippen LogP) is 12.2. The van der Waals surface area contributed by atoms with Crippen LogP contribution in [0, 0.1) is 0 Å². The molecular weight excluding hydrogens is 645 g/mol. The lowest BCUT2D eigenvalue weighted by Gasteiger charge is -2.10. The van der Waals surface area contributed by atoms with Gasteiger partial charge in [-0.25, -0.2) is 15.0 Å². The summed E-state index contributed by atoms with van der Waals surface area (Å²) in [5.41, 5.74) is 7.67. The van der Waals surface area contributed by atoms with E-state index < -0.39 is 0 Å². The number of hydrogen-bond acceptors (Lipinski definition) is 5. The first kappa shape index (κ1) is 28.2. The Morgan fingerprint density at radius 3 is 1.96 bits per heavy atom. The van der Waals surface area contributed by atoms with Gasteiger partial charge in [0.15, 0.2) is 17.5 Å². The van der Waals surface area contributed by atoms with Gasteiger partial charge in [-0.15, -0.1) is 11.3 Å². The number of furan rings is 1. The SMILES string of the molecule is c1ccc(-c2nc(-c3cccc4c3oc3ccc5c6ccccc6n(-c6ccccc6)c5c34)nc(-c3cccc4sc5ccccc5c34)n2)cc1. The Morgan fingerprint density at radius 1 is 0.451 bits per heavy atom. The van der Waals surface area contributed by atoms with E-state index in [1.54, 1.807) is 11.3 Å². The Kier molecular flexibility index (Phi) is 6.05. The van der Waals surface area contributed by atoms with Crippen LogP contribution in [0.4, 0.5) is 0 Å². The second-order valence-electron chi connectivity index (χ2n) is 12.8. The smallest absolute Gasteiger partial charge is 0.167 e. The van der Waals surface area contributed by atoms with Crippen LogP contribution in [0.5, 0.6) is 0 Å². The lowest BCUT2D eigenvalue weighted by molar-refractivity contribution is 0.669. The molecule has 0 saturated heterocycles. The summed E-state index contributed by atoms with van der Waals surface area (Å²) in [5.74, 6) is 1.82. The zero-order valence-electron chi connectivity index (χ0n) is 27.1. The molecule has 7 aromatic carbocycles. The molecule has 0 radical (unpaired) electrons. The maximum absolute atomic E-state index is 6.83. The molecule has 0 saturated carbocycles. The minimum atomic E-state index is 0.569. The first-order valence-corrected chi connectivity index (χ1v) is 17.8. The van der Waals surface area contributed by atoms with Gasteiger partial charge >= 0.3 is 0 Å². The van der Waals surface area contributed by atoms with Crippen LogP contribution in [-0.2, 0) is 0 Å². The van der Waals surface area contributed by atoms with E-state index in [9.17, 15) is 0 Å². The fourth-order valence-electron chi connectivity index (χ4n) is 7.65. The molecule has 11 aromatic rings. The topological polar surface area (TPSA) is 56.7 Å². The van der Waals surface area contributed by atoms with Crippen LogP contribution in [-0.4, -0.2) is 19.5 Å². The van der Waals surface area contributed by atoms with Crippen LogP contribution in [0.2, 0.25) is 0 Å². The van der Waals surface area contributed by atoms with Crippen LogP contribution in [0.25, 0.3) is 104 Å². The molecule has 0 amide bonds. The second kappa shape index (κ2) is 10.9. The molecule has 51 heavy (non-hydrogen) atoms. The van der Waals surface area contributed by atoms with Gasteiger partial charge < -0.3 is 8.98 Å². The van der Waals surface area contributed by atoms with Gasteiger partial charge in [-0.3, -0.25) is 0 Å². The molecule has 0 fully saturated rings. The average Bonchev–Trinajstić information content (AvgIpc) is 3.88. The maximum Gasteiger partial charge on any atom is 0.167 e. The van der Waals surface area contributed by atoms with Gasteiger partial charge in [-0.2, -0.15) is 0 Å². The van der Waals surface area contributed by atoms with Gasteiger partial charge in [0.05, 0.1) is 22.0 Å². The third kappa shape index (κ3) is 4.24. The molecule has 5 nitrogen and oxygen atoms in total. The van der Waals surface area contributed by atoms with Crippen molar-refractivity contribution < 1.29 is 4.42 Å². The number of benzene rings is 7. The zero-order chi connectivity index (χ0) is 33.5. The predicted molar refractivity (Wildman–Crippen MR) is 211 cm³/mol. The Morgan fingerprint density at radius 2 is 1.10 bits per heavy atom. The largest absolute Gasteiger partial charge is 0.455 e. The Bertz CT molecular complexity index is 3140. The fourth-order valence-corrected chi connectivity index (χ4v) is 8.79. The number of aromatic nitrogens is 4. The van der Waals surface area contributed by atoms with Crippen molar-refractivity contribution in [1.82, 2.24) is 19.5 Å². The summed E-state index contributed by atoms with van der Waals surface area (Å²) >= 11 is 1.79. The van der Waals surface area contributed by atoms with Crippen molar-refractivity contribution in [3.05, 3.63) is 158 Å². The highest BCUT2D eigenvalue weighted by molar-refractivity contribution is 7.25. The maximum atomic E-state index is 6.83. The van der Waals surface area contributed by atoms with E-state index in [2.05, 4.69) is 132 Å². The number of hydrogen-bond donors (Lipinski definition) is 0. The van der Waals surface area contributed by atoms with Crippen molar-refractivity contribution in [2.75, 3.05) is 0 Å². The average molecular weight is 671 g/mol. The van der Waals surface area contributed by atoms with E-state index in [1.807, 2.05) is 30.3 Å². The summed E-state index contributed by atoms with van der Waals surface area (Å²) in [7, 11) is 0. The monoisotopic (exact) mass is 670 g/mol. The van der Waals surface area contributed by atoms with E-state index in [4.69, 9.17) is 19.4 Å². The molecule has 0 unspecified atom stereocenters. The van der Waals surface area contributed by atoms with Gasteiger partial charge in [0.25, 0.3) is 0 Å². The standard InChI is InChI=1S/C45H26N4OS/c1-3-13-27(14-4-1)43-46-44(33-20-12-24-38-39(33)31-18-8-10-23-37(31)51-38)48-45(47-43)34-21-11-19-32-40-36(50-42(32)34)26-25-30-29-17-7-9-22-35(29)49(41(30)40)28-15-5-2-6-16-28/h1-26H.